The van der Waals surface area contributed by atoms with E-state index in [9.17, 15) is 13.2 Å². The second-order valence-corrected chi connectivity index (χ2v) is 12.4. The molecule has 2 rings (SSSR count). The number of ether oxygens (including phenoxy) is 1. The van der Waals surface area contributed by atoms with Crippen molar-refractivity contribution in [3.05, 3.63) is 0 Å². The van der Waals surface area contributed by atoms with Crippen LogP contribution in [0.15, 0.2) is 4.99 Å². The summed E-state index contributed by atoms with van der Waals surface area (Å²) in [4.78, 5) is 20.5. The van der Waals surface area contributed by atoms with Crippen molar-refractivity contribution in [2.24, 2.45) is 10.9 Å². The number of piperidine rings is 1. The molecule has 10 heteroatoms. The van der Waals surface area contributed by atoms with Gasteiger partial charge < -0.3 is 19.9 Å². The van der Waals surface area contributed by atoms with Crippen molar-refractivity contribution < 1.29 is 17.9 Å². The van der Waals surface area contributed by atoms with Crippen LogP contribution in [0.5, 0.6) is 0 Å². The lowest BCUT2D eigenvalue weighted by Gasteiger charge is -2.39. The highest BCUT2D eigenvalue weighted by Gasteiger charge is 2.41. The molecule has 8 nitrogen and oxygen atoms in total. The molecule has 1 amide bonds. The van der Waals surface area contributed by atoms with Gasteiger partial charge in [0.1, 0.15) is 5.60 Å². The van der Waals surface area contributed by atoms with Gasteiger partial charge in [0.2, 0.25) is 0 Å². The van der Waals surface area contributed by atoms with E-state index in [1.54, 1.807) is 20.9 Å². The zero-order valence-electron chi connectivity index (χ0n) is 19.2. The number of guanidine groups is 1. The minimum atomic E-state index is -3.07. The Labute approximate surface area is 199 Å². The molecule has 0 radical (unpaired) electrons. The Hall–Kier alpha value is -0.780. The van der Waals surface area contributed by atoms with Crippen molar-refractivity contribution in [2.75, 3.05) is 45.5 Å². The topological polar surface area (TPSA) is 91.3 Å². The van der Waals surface area contributed by atoms with Crippen LogP contribution >= 0.6 is 24.0 Å². The minimum absolute atomic E-state index is 0. The highest BCUT2D eigenvalue weighted by molar-refractivity contribution is 14.0. The van der Waals surface area contributed by atoms with Crippen LogP contribution in [0.2, 0.25) is 0 Å². The van der Waals surface area contributed by atoms with Crippen molar-refractivity contribution >= 4 is 45.9 Å². The monoisotopic (exact) mass is 558 g/mol. The molecule has 1 unspecified atom stereocenters. The first-order valence-electron chi connectivity index (χ1n) is 10.5. The van der Waals surface area contributed by atoms with E-state index in [-0.39, 0.29) is 35.8 Å². The summed E-state index contributed by atoms with van der Waals surface area (Å²) in [5.41, 5.74) is -0.478. The SMILES string of the molecule is CN=C(NCCC1CCCN(C(=O)OC(C)(C)C)C1)N1CCS(=O)(=O)C(C)(C)C1.I. The van der Waals surface area contributed by atoms with Gasteiger partial charge in [-0.25, -0.2) is 13.2 Å². The van der Waals surface area contributed by atoms with E-state index in [4.69, 9.17) is 4.74 Å². The third-order valence-corrected chi connectivity index (χ3v) is 8.09. The second kappa shape index (κ2) is 10.7. The molecule has 0 aromatic carbocycles. The van der Waals surface area contributed by atoms with E-state index in [2.05, 4.69) is 10.3 Å². The Kier molecular flexibility index (Phi) is 9.71. The van der Waals surface area contributed by atoms with Gasteiger partial charge >= 0.3 is 6.09 Å². The first kappa shape index (κ1) is 27.3. The van der Waals surface area contributed by atoms with E-state index in [1.807, 2.05) is 30.6 Å². The summed E-state index contributed by atoms with van der Waals surface area (Å²) in [5.74, 6) is 1.31. The predicted molar refractivity (Wildman–Crippen MR) is 131 cm³/mol. The van der Waals surface area contributed by atoms with Crippen LogP contribution in [0, 0.1) is 5.92 Å². The van der Waals surface area contributed by atoms with Crippen molar-refractivity contribution in [1.82, 2.24) is 15.1 Å². The molecule has 1 atom stereocenters. The quantitative estimate of drug-likeness (QED) is 0.326. The number of aliphatic imine (C=N–C) groups is 1. The molecule has 2 aliphatic rings. The fraction of sp³-hybridized carbons (Fsp3) is 0.900. The van der Waals surface area contributed by atoms with Crippen molar-refractivity contribution in [2.45, 2.75) is 64.2 Å². The van der Waals surface area contributed by atoms with Gasteiger partial charge in [-0.3, -0.25) is 4.99 Å². The molecule has 0 aromatic rings. The molecular weight excluding hydrogens is 519 g/mol. The van der Waals surface area contributed by atoms with Gasteiger partial charge in [-0.2, -0.15) is 0 Å². The van der Waals surface area contributed by atoms with Crippen molar-refractivity contribution in [1.29, 1.82) is 0 Å². The first-order valence-corrected chi connectivity index (χ1v) is 12.2. The molecule has 2 aliphatic heterocycles. The molecule has 176 valence electrons. The van der Waals surface area contributed by atoms with E-state index in [0.29, 0.717) is 25.6 Å². The Balaban J connectivity index is 0.00000450. The number of likely N-dealkylation sites (tertiary alicyclic amines) is 1. The highest BCUT2D eigenvalue weighted by atomic mass is 127. The van der Waals surface area contributed by atoms with Crippen LogP contribution in [0.1, 0.15) is 53.9 Å². The second-order valence-electron chi connectivity index (χ2n) is 9.70. The fourth-order valence-corrected chi connectivity index (χ4v) is 5.20. The Morgan fingerprint density at radius 1 is 1.23 bits per heavy atom. The predicted octanol–water partition coefficient (Wildman–Crippen LogP) is 2.73. The summed E-state index contributed by atoms with van der Waals surface area (Å²) in [6, 6.07) is 0. The summed E-state index contributed by atoms with van der Waals surface area (Å²) >= 11 is 0. The van der Waals surface area contributed by atoms with Crippen LogP contribution < -0.4 is 5.32 Å². The third kappa shape index (κ3) is 7.42. The van der Waals surface area contributed by atoms with Crippen LogP contribution in [-0.2, 0) is 14.6 Å². The van der Waals surface area contributed by atoms with Gasteiger partial charge in [-0.15, -0.1) is 24.0 Å². The summed E-state index contributed by atoms with van der Waals surface area (Å²) in [7, 11) is -1.35. The number of amides is 1. The van der Waals surface area contributed by atoms with E-state index in [1.165, 1.54) is 0 Å². The maximum atomic E-state index is 12.3. The van der Waals surface area contributed by atoms with Gasteiger partial charge in [-0.05, 0) is 59.8 Å². The number of hydrogen-bond acceptors (Lipinski definition) is 5. The van der Waals surface area contributed by atoms with Gasteiger partial charge in [0, 0.05) is 39.8 Å². The maximum absolute atomic E-state index is 12.3. The van der Waals surface area contributed by atoms with Gasteiger partial charge in [0.15, 0.2) is 15.8 Å². The smallest absolute Gasteiger partial charge is 0.410 e. The summed E-state index contributed by atoms with van der Waals surface area (Å²) < 4.78 is 29.2. The molecule has 0 aliphatic carbocycles. The summed E-state index contributed by atoms with van der Waals surface area (Å²) in [6.07, 6.45) is 2.77. The standard InChI is InChI=1S/C20H38N4O4S.HI/c1-19(2,3)28-18(25)23-11-7-8-16(14-23)9-10-22-17(21-6)24-12-13-29(26,27)20(4,5)15-24;/h16H,7-15H2,1-6H3,(H,21,22);1H. The third-order valence-electron chi connectivity index (χ3n) is 5.56. The number of hydrogen-bond donors (Lipinski definition) is 1. The number of rotatable bonds is 3. The number of carbonyl (C=O) groups is 1. The number of nitrogens with zero attached hydrogens (tertiary/aromatic N) is 3. The zero-order chi connectivity index (χ0) is 21.9. The Morgan fingerprint density at radius 2 is 1.90 bits per heavy atom. The van der Waals surface area contributed by atoms with Gasteiger partial charge in [0.25, 0.3) is 0 Å². The van der Waals surface area contributed by atoms with Gasteiger partial charge in [-0.1, -0.05) is 0 Å². The molecular formula is C20H39IN4O4S. The molecule has 1 N–H and O–H groups in total. The fourth-order valence-electron chi connectivity index (χ4n) is 3.84. The molecule has 30 heavy (non-hydrogen) atoms. The molecule has 2 heterocycles. The summed E-state index contributed by atoms with van der Waals surface area (Å²) in [6.45, 7) is 12.3. The van der Waals surface area contributed by atoms with E-state index >= 15 is 0 Å². The van der Waals surface area contributed by atoms with Gasteiger partial charge in [0.05, 0.1) is 10.5 Å². The normalized spacial score (nSPS) is 24.1. The lowest BCUT2D eigenvalue weighted by Crippen LogP contribution is -2.57. The van der Waals surface area contributed by atoms with Crippen LogP contribution in [0.4, 0.5) is 4.79 Å². The summed E-state index contributed by atoms with van der Waals surface area (Å²) in [5, 5.41) is 3.38. The Bertz CT molecular complexity index is 719. The first-order chi connectivity index (χ1) is 13.3. The average Bonchev–Trinajstić information content (AvgIpc) is 2.60. The lowest BCUT2D eigenvalue weighted by molar-refractivity contribution is 0.0162. The maximum Gasteiger partial charge on any atom is 0.410 e. The van der Waals surface area contributed by atoms with Crippen LogP contribution in [-0.4, -0.2) is 86.1 Å². The number of sulfone groups is 1. The highest BCUT2D eigenvalue weighted by Crippen LogP contribution is 2.24. The van der Waals surface area contributed by atoms with E-state index < -0.39 is 20.2 Å². The molecule has 0 aromatic heterocycles. The van der Waals surface area contributed by atoms with E-state index in [0.717, 1.165) is 38.3 Å². The average molecular weight is 559 g/mol. The van der Waals surface area contributed by atoms with Crippen LogP contribution in [0.3, 0.4) is 0 Å². The zero-order valence-corrected chi connectivity index (χ0v) is 22.4. The number of nitrogens with one attached hydrogen (secondary N) is 1. The van der Waals surface area contributed by atoms with Crippen molar-refractivity contribution in [3.63, 3.8) is 0 Å². The minimum Gasteiger partial charge on any atom is -0.444 e. The van der Waals surface area contributed by atoms with Crippen molar-refractivity contribution in [3.8, 4) is 0 Å². The lowest BCUT2D eigenvalue weighted by atomic mass is 9.95. The number of carbonyl (C=O) groups excluding carboxylic acids is 1. The molecule has 0 bridgehead atoms. The molecule has 2 saturated heterocycles. The largest absolute Gasteiger partial charge is 0.444 e. The number of halogens is 1. The van der Waals surface area contributed by atoms with Crippen LogP contribution in [0.25, 0.3) is 0 Å². The molecule has 2 fully saturated rings. The molecule has 0 saturated carbocycles. The molecule has 0 spiro atoms. The Morgan fingerprint density at radius 3 is 2.47 bits per heavy atom.